The van der Waals surface area contributed by atoms with E-state index in [1.807, 2.05) is 6.92 Å². The molecule has 0 aliphatic rings. The summed E-state index contributed by atoms with van der Waals surface area (Å²) in [7, 11) is 0. The highest BCUT2D eigenvalue weighted by Crippen LogP contribution is 2.21. The number of benzene rings is 1. The molecule has 94 valence electrons. The highest BCUT2D eigenvalue weighted by atomic mass is 35.5. The van der Waals surface area contributed by atoms with E-state index in [1.165, 1.54) is 6.07 Å². The minimum atomic E-state index is -0.422. The highest BCUT2D eigenvalue weighted by Gasteiger charge is 2.13. The molecular formula is C13H13ClFN3. The Morgan fingerprint density at radius 1 is 1.33 bits per heavy atom. The van der Waals surface area contributed by atoms with Gasteiger partial charge in [0.25, 0.3) is 0 Å². The Kier molecular flexibility index (Phi) is 3.89. The predicted octanol–water partition coefficient (Wildman–Crippen LogP) is 2.82. The third-order valence-corrected chi connectivity index (χ3v) is 2.94. The number of aromatic nitrogens is 2. The molecule has 0 amide bonds. The second-order valence-corrected chi connectivity index (χ2v) is 4.51. The minimum absolute atomic E-state index is 0.106. The van der Waals surface area contributed by atoms with E-state index in [-0.39, 0.29) is 5.02 Å². The standard InChI is InChI=1S/C13H13ClFN3/c1-8-6-18-12(7-17-8)11(16)5-9-3-2-4-10(14)13(9)15/h2-4,6-7,11H,5,16H2,1H3. The number of hydrogen-bond acceptors (Lipinski definition) is 3. The van der Waals surface area contributed by atoms with E-state index in [9.17, 15) is 4.39 Å². The van der Waals surface area contributed by atoms with Gasteiger partial charge in [0.15, 0.2) is 0 Å². The van der Waals surface area contributed by atoms with Crippen LogP contribution in [0.25, 0.3) is 0 Å². The lowest BCUT2D eigenvalue weighted by Gasteiger charge is -2.12. The third-order valence-electron chi connectivity index (χ3n) is 2.65. The van der Waals surface area contributed by atoms with Crippen molar-refractivity contribution in [2.45, 2.75) is 19.4 Å². The average Bonchev–Trinajstić information content (AvgIpc) is 2.36. The van der Waals surface area contributed by atoms with Crippen LogP contribution in [0.1, 0.15) is 23.0 Å². The van der Waals surface area contributed by atoms with E-state index in [0.717, 1.165) is 5.69 Å². The number of nitrogens with zero attached hydrogens (tertiary/aromatic N) is 2. The second-order valence-electron chi connectivity index (χ2n) is 4.11. The van der Waals surface area contributed by atoms with Gasteiger partial charge in [0.2, 0.25) is 0 Å². The van der Waals surface area contributed by atoms with Crippen LogP contribution < -0.4 is 5.73 Å². The molecule has 5 heteroatoms. The molecule has 0 bridgehead atoms. The van der Waals surface area contributed by atoms with Crippen LogP contribution in [0.3, 0.4) is 0 Å². The van der Waals surface area contributed by atoms with E-state index >= 15 is 0 Å². The molecule has 0 saturated heterocycles. The molecule has 0 aliphatic heterocycles. The summed E-state index contributed by atoms with van der Waals surface area (Å²) >= 11 is 5.72. The van der Waals surface area contributed by atoms with Crippen LogP contribution in [-0.4, -0.2) is 9.97 Å². The SMILES string of the molecule is Cc1cnc(C(N)Cc2cccc(Cl)c2F)cn1. The van der Waals surface area contributed by atoms with Gasteiger partial charge < -0.3 is 5.73 Å². The quantitative estimate of drug-likeness (QED) is 0.928. The minimum Gasteiger partial charge on any atom is -0.322 e. The van der Waals surface area contributed by atoms with Gasteiger partial charge in [0.1, 0.15) is 5.82 Å². The zero-order valence-corrected chi connectivity index (χ0v) is 10.7. The first-order chi connectivity index (χ1) is 8.58. The van der Waals surface area contributed by atoms with E-state index < -0.39 is 11.9 Å². The Bertz CT molecular complexity index is 542. The van der Waals surface area contributed by atoms with Gasteiger partial charge in [-0.1, -0.05) is 23.7 Å². The van der Waals surface area contributed by atoms with Crippen molar-refractivity contribution in [3.05, 3.63) is 58.4 Å². The maximum absolute atomic E-state index is 13.7. The van der Waals surface area contributed by atoms with Gasteiger partial charge in [-0.05, 0) is 25.0 Å². The maximum atomic E-state index is 13.7. The van der Waals surface area contributed by atoms with Gasteiger partial charge in [-0.25, -0.2) is 4.39 Å². The van der Waals surface area contributed by atoms with Crippen molar-refractivity contribution in [2.24, 2.45) is 5.73 Å². The van der Waals surface area contributed by atoms with Gasteiger partial charge in [-0.2, -0.15) is 0 Å². The summed E-state index contributed by atoms with van der Waals surface area (Å²) in [6.07, 6.45) is 3.59. The second kappa shape index (κ2) is 5.42. The summed E-state index contributed by atoms with van der Waals surface area (Å²) in [5, 5.41) is 0.106. The van der Waals surface area contributed by atoms with Gasteiger partial charge in [0.05, 0.1) is 28.6 Å². The first kappa shape index (κ1) is 12.9. The van der Waals surface area contributed by atoms with Crippen molar-refractivity contribution in [1.29, 1.82) is 0 Å². The van der Waals surface area contributed by atoms with Crippen molar-refractivity contribution >= 4 is 11.6 Å². The first-order valence-electron chi connectivity index (χ1n) is 5.55. The fourth-order valence-corrected chi connectivity index (χ4v) is 1.84. The average molecular weight is 266 g/mol. The van der Waals surface area contributed by atoms with Crippen molar-refractivity contribution in [3.8, 4) is 0 Å². The fraction of sp³-hybridized carbons (Fsp3) is 0.231. The zero-order valence-electron chi connectivity index (χ0n) is 9.90. The largest absolute Gasteiger partial charge is 0.322 e. The molecule has 1 unspecified atom stereocenters. The summed E-state index contributed by atoms with van der Waals surface area (Å²) in [6.45, 7) is 1.85. The third kappa shape index (κ3) is 2.83. The number of aryl methyl sites for hydroxylation is 1. The van der Waals surface area contributed by atoms with E-state index in [1.54, 1.807) is 24.5 Å². The zero-order chi connectivity index (χ0) is 13.1. The Balaban J connectivity index is 2.18. The molecule has 1 aromatic heterocycles. The Morgan fingerprint density at radius 2 is 2.11 bits per heavy atom. The molecule has 1 heterocycles. The van der Waals surface area contributed by atoms with Crippen LogP contribution in [0.2, 0.25) is 5.02 Å². The van der Waals surface area contributed by atoms with Crippen molar-refractivity contribution in [1.82, 2.24) is 9.97 Å². The molecule has 2 rings (SSSR count). The molecule has 0 radical (unpaired) electrons. The summed E-state index contributed by atoms with van der Waals surface area (Å²) in [5.41, 5.74) is 7.93. The van der Waals surface area contributed by atoms with E-state index in [0.29, 0.717) is 17.7 Å². The lowest BCUT2D eigenvalue weighted by molar-refractivity contribution is 0.589. The van der Waals surface area contributed by atoms with Crippen molar-refractivity contribution < 1.29 is 4.39 Å². The van der Waals surface area contributed by atoms with Crippen LogP contribution in [0.15, 0.2) is 30.6 Å². The molecule has 0 saturated carbocycles. The van der Waals surface area contributed by atoms with Crippen LogP contribution in [0.5, 0.6) is 0 Å². The summed E-state index contributed by atoms with van der Waals surface area (Å²) < 4.78 is 13.7. The summed E-state index contributed by atoms with van der Waals surface area (Å²) in [5.74, 6) is -0.422. The predicted molar refractivity (Wildman–Crippen MR) is 68.8 cm³/mol. The number of hydrogen-bond donors (Lipinski definition) is 1. The monoisotopic (exact) mass is 265 g/mol. The van der Waals surface area contributed by atoms with Crippen LogP contribution >= 0.6 is 11.6 Å². The smallest absolute Gasteiger partial charge is 0.145 e. The molecule has 2 N–H and O–H groups in total. The Labute approximate surface area is 110 Å². The molecule has 18 heavy (non-hydrogen) atoms. The first-order valence-corrected chi connectivity index (χ1v) is 5.92. The Hall–Kier alpha value is -1.52. The van der Waals surface area contributed by atoms with E-state index in [4.69, 9.17) is 17.3 Å². The highest BCUT2D eigenvalue weighted by molar-refractivity contribution is 6.30. The molecule has 0 fully saturated rings. The van der Waals surface area contributed by atoms with Crippen molar-refractivity contribution in [2.75, 3.05) is 0 Å². The Morgan fingerprint density at radius 3 is 2.78 bits per heavy atom. The normalized spacial score (nSPS) is 12.4. The molecule has 0 aliphatic carbocycles. The fourth-order valence-electron chi connectivity index (χ4n) is 1.64. The number of rotatable bonds is 3. The summed E-state index contributed by atoms with van der Waals surface area (Å²) in [4.78, 5) is 8.30. The van der Waals surface area contributed by atoms with Gasteiger partial charge in [-0.3, -0.25) is 9.97 Å². The number of halogens is 2. The molecule has 0 spiro atoms. The summed E-state index contributed by atoms with van der Waals surface area (Å²) in [6, 6.07) is 4.49. The molecule has 1 aromatic carbocycles. The number of nitrogens with two attached hydrogens (primary N) is 1. The maximum Gasteiger partial charge on any atom is 0.145 e. The van der Waals surface area contributed by atoms with Gasteiger partial charge in [-0.15, -0.1) is 0 Å². The topological polar surface area (TPSA) is 51.8 Å². The van der Waals surface area contributed by atoms with E-state index in [2.05, 4.69) is 9.97 Å². The molecule has 3 nitrogen and oxygen atoms in total. The molecule has 1 atom stereocenters. The van der Waals surface area contributed by atoms with Crippen molar-refractivity contribution in [3.63, 3.8) is 0 Å². The molecule has 2 aromatic rings. The van der Waals surface area contributed by atoms with Gasteiger partial charge >= 0.3 is 0 Å². The van der Waals surface area contributed by atoms with Gasteiger partial charge in [0, 0.05) is 6.20 Å². The molecular weight excluding hydrogens is 253 g/mol. The van der Waals surface area contributed by atoms with Crippen LogP contribution in [0, 0.1) is 12.7 Å². The lowest BCUT2D eigenvalue weighted by Crippen LogP contribution is -2.16. The van der Waals surface area contributed by atoms with Crippen LogP contribution in [0.4, 0.5) is 4.39 Å². The lowest BCUT2D eigenvalue weighted by atomic mass is 10.0. The van der Waals surface area contributed by atoms with Crippen LogP contribution in [-0.2, 0) is 6.42 Å².